The Bertz CT molecular complexity index is 562. The van der Waals surface area contributed by atoms with Gasteiger partial charge in [0.25, 0.3) is 0 Å². The Morgan fingerprint density at radius 3 is 2.58 bits per heavy atom. The molecular formula is C13H16N4O2. The molecule has 2 aromatic rings. The van der Waals surface area contributed by atoms with Crippen LogP contribution < -0.4 is 4.90 Å². The van der Waals surface area contributed by atoms with Crippen molar-refractivity contribution in [3.05, 3.63) is 42.0 Å². The van der Waals surface area contributed by atoms with Crippen molar-refractivity contribution >= 4 is 11.7 Å². The van der Waals surface area contributed by atoms with Gasteiger partial charge in [-0.15, -0.1) is 10.2 Å². The van der Waals surface area contributed by atoms with E-state index < -0.39 is 5.97 Å². The summed E-state index contributed by atoms with van der Waals surface area (Å²) in [5.41, 5.74) is 1.99. The van der Waals surface area contributed by atoms with Gasteiger partial charge in [-0.05, 0) is 19.1 Å². The summed E-state index contributed by atoms with van der Waals surface area (Å²) < 4.78 is 1.78. The number of carboxylic acids is 1. The molecule has 6 nitrogen and oxygen atoms in total. The molecule has 0 bridgehead atoms. The van der Waals surface area contributed by atoms with Crippen LogP contribution >= 0.6 is 0 Å². The minimum absolute atomic E-state index is 0.0735. The minimum atomic E-state index is -0.872. The van der Waals surface area contributed by atoms with Gasteiger partial charge in [-0.1, -0.05) is 17.7 Å². The first kappa shape index (κ1) is 13.1. The number of carbonyl (C=O) groups is 1. The van der Waals surface area contributed by atoms with E-state index in [2.05, 4.69) is 10.2 Å². The maximum absolute atomic E-state index is 11.0. The fraction of sp³-hybridized carbons (Fsp3) is 0.308. The van der Waals surface area contributed by atoms with Crippen LogP contribution in [-0.2, 0) is 18.4 Å². The largest absolute Gasteiger partial charge is 0.480 e. The van der Waals surface area contributed by atoms with Gasteiger partial charge >= 0.3 is 5.97 Å². The van der Waals surface area contributed by atoms with Gasteiger partial charge in [0, 0.05) is 12.7 Å². The van der Waals surface area contributed by atoms with E-state index in [0.717, 1.165) is 17.1 Å². The third-order valence-electron chi connectivity index (χ3n) is 2.86. The first-order valence-electron chi connectivity index (χ1n) is 5.92. The molecule has 0 saturated carbocycles. The number of anilines is 1. The number of nitrogens with zero attached hydrogens (tertiary/aromatic N) is 4. The van der Waals surface area contributed by atoms with Crippen molar-refractivity contribution in [2.75, 3.05) is 11.4 Å². The maximum atomic E-state index is 11.0. The van der Waals surface area contributed by atoms with Crippen LogP contribution in [0.2, 0.25) is 0 Å². The first-order valence-corrected chi connectivity index (χ1v) is 5.92. The molecule has 0 aliphatic rings. The lowest BCUT2D eigenvalue weighted by Crippen LogP contribution is -2.30. The summed E-state index contributed by atoms with van der Waals surface area (Å²) in [6.07, 6.45) is 1.60. The van der Waals surface area contributed by atoms with Crippen molar-refractivity contribution in [1.82, 2.24) is 14.8 Å². The topological polar surface area (TPSA) is 71.2 Å². The number of carboxylic acid groups (broad SMARTS) is 1. The molecule has 2 rings (SSSR count). The number of aliphatic carboxylic acids is 1. The van der Waals surface area contributed by atoms with Crippen LogP contribution in [0.5, 0.6) is 0 Å². The summed E-state index contributed by atoms with van der Waals surface area (Å²) in [6, 6.07) is 7.74. The Balaban J connectivity index is 2.23. The second-order valence-corrected chi connectivity index (χ2v) is 4.44. The molecule has 0 atom stereocenters. The van der Waals surface area contributed by atoms with Crippen molar-refractivity contribution in [1.29, 1.82) is 0 Å². The van der Waals surface area contributed by atoms with Gasteiger partial charge in [-0.3, -0.25) is 4.79 Å². The van der Waals surface area contributed by atoms with E-state index in [1.54, 1.807) is 15.8 Å². The van der Waals surface area contributed by atoms with E-state index in [4.69, 9.17) is 5.11 Å². The zero-order valence-corrected chi connectivity index (χ0v) is 10.9. The van der Waals surface area contributed by atoms with Crippen LogP contribution in [0, 0.1) is 6.92 Å². The standard InChI is InChI=1S/C13H16N4O2/c1-10-3-5-11(6-4-10)17(8-13(18)19)7-12-15-14-9-16(12)2/h3-6,9H,7-8H2,1-2H3,(H,18,19). The predicted octanol–water partition coefficient (Wildman–Crippen LogP) is 1.21. The van der Waals surface area contributed by atoms with E-state index >= 15 is 0 Å². The fourth-order valence-corrected chi connectivity index (χ4v) is 1.78. The molecule has 0 spiro atoms. The average Bonchev–Trinajstić information content (AvgIpc) is 2.75. The number of hydrogen-bond donors (Lipinski definition) is 1. The highest BCUT2D eigenvalue weighted by atomic mass is 16.4. The summed E-state index contributed by atoms with van der Waals surface area (Å²) in [5, 5.41) is 16.8. The van der Waals surface area contributed by atoms with Crippen LogP contribution in [0.25, 0.3) is 0 Å². The molecule has 1 aromatic carbocycles. The van der Waals surface area contributed by atoms with Crippen molar-refractivity contribution in [2.45, 2.75) is 13.5 Å². The van der Waals surface area contributed by atoms with Crippen molar-refractivity contribution in [2.24, 2.45) is 7.05 Å². The van der Waals surface area contributed by atoms with E-state index in [1.807, 2.05) is 38.2 Å². The molecule has 1 heterocycles. The molecule has 1 aromatic heterocycles. The summed E-state index contributed by atoms with van der Waals surface area (Å²) in [6.45, 7) is 2.33. The highest BCUT2D eigenvalue weighted by Gasteiger charge is 2.13. The van der Waals surface area contributed by atoms with E-state index in [1.165, 1.54) is 0 Å². The van der Waals surface area contributed by atoms with Gasteiger partial charge in [0.05, 0.1) is 6.54 Å². The average molecular weight is 260 g/mol. The summed E-state index contributed by atoms with van der Waals surface area (Å²) in [4.78, 5) is 12.7. The van der Waals surface area contributed by atoms with Gasteiger partial charge in [-0.2, -0.15) is 0 Å². The summed E-state index contributed by atoms with van der Waals surface area (Å²) in [5.74, 6) is -0.149. The Morgan fingerprint density at radius 1 is 1.37 bits per heavy atom. The Kier molecular flexibility index (Phi) is 3.79. The zero-order chi connectivity index (χ0) is 13.8. The van der Waals surface area contributed by atoms with Crippen molar-refractivity contribution in [3.63, 3.8) is 0 Å². The van der Waals surface area contributed by atoms with Crippen LogP contribution in [0.3, 0.4) is 0 Å². The lowest BCUT2D eigenvalue weighted by molar-refractivity contribution is -0.135. The second-order valence-electron chi connectivity index (χ2n) is 4.44. The number of hydrogen-bond acceptors (Lipinski definition) is 4. The predicted molar refractivity (Wildman–Crippen MR) is 70.9 cm³/mol. The highest BCUT2D eigenvalue weighted by molar-refractivity contribution is 5.73. The normalized spacial score (nSPS) is 10.4. The molecular weight excluding hydrogens is 244 g/mol. The fourth-order valence-electron chi connectivity index (χ4n) is 1.78. The van der Waals surface area contributed by atoms with Crippen molar-refractivity contribution in [3.8, 4) is 0 Å². The quantitative estimate of drug-likeness (QED) is 0.875. The lowest BCUT2D eigenvalue weighted by atomic mass is 10.2. The molecule has 0 radical (unpaired) electrons. The third-order valence-corrected chi connectivity index (χ3v) is 2.86. The van der Waals surface area contributed by atoms with E-state index in [0.29, 0.717) is 6.54 Å². The van der Waals surface area contributed by atoms with Crippen LogP contribution in [0.1, 0.15) is 11.4 Å². The number of aryl methyl sites for hydroxylation is 2. The van der Waals surface area contributed by atoms with Gasteiger partial charge in [0.15, 0.2) is 5.82 Å². The molecule has 100 valence electrons. The van der Waals surface area contributed by atoms with Gasteiger partial charge in [-0.25, -0.2) is 0 Å². The maximum Gasteiger partial charge on any atom is 0.323 e. The second kappa shape index (κ2) is 5.51. The Hall–Kier alpha value is -2.37. The van der Waals surface area contributed by atoms with Gasteiger partial charge in [0.1, 0.15) is 12.9 Å². The Morgan fingerprint density at radius 2 is 2.05 bits per heavy atom. The van der Waals surface area contributed by atoms with E-state index in [-0.39, 0.29) is 6.54 Å². The molecule has 0 saturated heterocycles. The highest BCUT2D eigenvalue weighted by Crippen LogP contribution is 2.17. The van der Waals surface area contributed by atoms with Gasteiger partial charge < -0.3 is 14.6 Å². The minimum Gasteiger partial charge on any atom is -0.480 e. The molecule has 0 unspecified atom stereocenters. The van der Waals surface area contributed by atoms with Crippen molar-refractivity contribution < 1.29 is 9.90 Å². The molecule has 0 fully saturated rings. The van der Waals surface area contributed by atoms with Crippen LogP contribution in [0.4, 0.5) is 5.69 Å². The Labute approximate surface area is 111 Å². The lowest BCUT2D eigenvalue weighted by Gasteiger charge is -2.22. The summed E-state index contributed by atoms with van der Waals surface area (Å²) >= 11 is 0. The van der Waals surface area contributed by atoms with Gasteiger partial charge in [0.2, 0.25) is 0 Å². The molecule has 0 aliphatic carbocycles. The molecule has 0 amide bonds. The number of benzene rings is 1. The SMILES string of the molecule is Cc1ccc(N(CC(=O)O)Cc2nncn2C)cc1. The molecule has 19 heavy (non-hydrogen) atoms. The molecule has 1 N–H and O–H groups in total. The number of aromatic nitrogens is 3. The smallest absolute Gasteiger partial charge is 0.323 e. The monoisotopic (exact) mass is 260 g/mol. The van der Waals surface area contributed by atoms with Crippen LogP contribution in [0.15, 0.2) is 30.6 Å². The zero-order valence-electron chi connectivity index (χ0n) is 10.9. The molecule has 0 aliphatic heterocycles. The summed E-state index contributed by atoms with van der Waals surface area (Å²) in [7, 11) is 1.84. The molecule has 6 heteroatoms. The number of rotatable bonds is 5. The third kappa shape index (κ3) is 3.31. The van der Waals surface area contributed by atoms with Crippen LogP contribution in [-0.4, -0.2) is 32.4 Å². The van der Waals surface area contributed by atoms with E-state index in [9.17, 15) is 4.79 Å². The first-order chi connectivity index (χ1) is 9.06.